The Morgan fingerprint density at radius 1 is 1.19 bits per heavy atom. The van der Waals surface area contributed by atoms with Gasteiger partial charge in [-0.25, -0.2) is 0 Å². The van der Waals surface area contributed by atoms with Crippen LogP contribution in [0.25, 0.3) is 0 Å². The fourth-order valence-corrected chi connectivity index (χ4v) is 4.25. The Morgan fingerprint density at radius 2 is 1.96 bits per heavy atom. The molecule has 0 aromatic heterocycles. The molecule has 0 radical (unpaired) electrons. The first-order chi connectivity index (χ1) is 12.6. The molecule has 1 aliphatic heterocycles. The van der Waals surface area contributed by atoms with Gasteiger partial charge >= 0.3 is 0 Å². The number of ether oxygens (including phenoxy) is 2. The van der Waals surface area contributed by atoms with E-state index in [2.05, 4.69) is 0 Å². The third-order valence-corrected chi connectivity index (χ3v) is 5.64. The molecule has 2 aromatic rings. The second kappa shape index (κ2) is 8.49. The molecule has 1 aliphatic rings. The van der Waals surface area contributed by atoms with Crippen molar-refractivity contribution < 1.29 is 14.3 Å². The van der Waals surface area contributed by atoms with Crippen molar-refractivity contribution in [2.45, 2.75) is 25.8 Å². The predicted octanol–water partition coefficient (Wildman–Crippen LogP) is 4.50. The van der Waals surface area contributed by atoms with E-state index < -0.39 is 0 Å². The minimum atomic E-state index is 0.00301. The largest absolute Gasteiger partial charge is 0.493 e. The third-order valence-electron chi connectivity index (χ3n) is 4.38. The quantitative estimate of drug-likeness (QED) is 0.749. The molecular weight excluding hydrogens is 346 g/mol. The highest BCUT2D eigenvalue weighted by Crippen LogP contribution is 2.41. The first-order valence-electron chi connectivity index (χ1n) is 8.87. The number of carbonyl (C=O) groups excluding carboxylic acids is 1. The molecule has 3 rings (SSSR count). The molecular formula is C21H25NO3S. The van der Waals surface area contributed by atoms with E-state index in [0.717, 1.165) is 23.4 Å². The molecule has 0 unspecified atom stereocenters. The summed E-state index contributed by atoms with van der Waals surface area (Å²) in [6.45, 7) is 5.17. The van der Waals surface area contributed by atoms with E-state index >= 15 is 0 Å². The zero-order valence-electron chi connectivity index (χ0n) is 15.5. The van der Waals surface area contributed by atoms with Crippen LogP contribution in [0.1, 0.15) is 30.3 Å². The summed E-state index contributed by atoms with van der Waals surface area (Å²) in [7, 11) is 1.64. The van der Waals surface area contributed by atoms with Crippen LogP contribution in [0, 0.1) is 5.92 Å². The Morgan fingerprint density at radius 3 is 2.65 bits per heavy atom. The fraction of sp³-hybridized carbons (Fsp3) is 0.381. The lowest BCUT2D eigenvalue weighted by Crippen LogP contribution is -2.33. The minimum Gasteiger partial charge on any atom is -0.493 e. The standard InChI is InChI=1S/C21H25NO3S/c1-15(2)20(23)22-11-12-26-21(22)17-9-10-18(24-3)19(13-17)25-14-16-7-5-4-6-8-16/h4-10,13,15,21H,11-12,14H2,1-3H3/t21-/m1/s1. The number of thioether (sulfide) groups is 1. The molecule has 1 saturated heterocycles. The van der Waals surface area contributed by atoms with E-state index in [-0.39, 0.29) is 17.2 Å². The van der Waals surface area contributed by atoms with Crippen LogP contribution < -0.4 is 9.47 Å². The summed E-state index contributed by atoms with van der Waals surface area (Å²) in [6, 6.07) is 16.0. The number of hydrogen-bond donors (Lipinski definition) is 0. The Kier molecular flexibility index (Phi) is 6.09. The molecule has 0 aliphatic carbocycles. The van der Waals surface area contributed by atoms with Crippen LogP contribution in [0.2, 0.25) is 0 Å². The highest BCUT2D eigenvalue weighted by atomic mass is 32.2. The van der Waals surface area contributed by atoms with Crippen molar-refractivity contribution in [3.63, 3.8) is 0 Å². The van der Waals surface area contributed by atoms with E-state index in [1.54, 1.807) is 18.9 Å². The Labute approximate surface area is 159 Å². The first kappa shape index (κ1) is 18.6. The van der Waals surface area contributed by atoms with E-state index in [1.807, 2.05) is 67.3 Å². The lowest BCUT2D eigenvalue weighted by atomic mass is 10.1. The lowest BCUT2D eigenvalue weighted by Gasteiger charge is -2.26. The van der Waals surface area contributed by atoms with E-state index in [9.17, 15) is 4.79 Å². The van der Waals surface area contributed by atoms with Crippen LogP contribution in [-0.4, -0.2) is 30.2 Å². The summed E-state index contributed by atoms with van der Waals surface area (Å²) in [5, 5.41) is 0.0369. The maximum atomic E-state index is 12.5. The van der Waals surface area contributed by atoms with Gasteiger partial charge in [0.1, 0.15) is 12.0 Å². The summed E-state index contributed by atoms with van der Waals surface area (Å²) in [5.41, 5.74) is 2.18. The highest BCUT2D eigenvalue weighted by molar-refractivity contribution is 7.99. The summed E-state index contributed by atoms with van der Waals surface area (Å²) >= 11 is 1.79. The maximum absolute atomic E-state index is 12.5. The Bertz CT molecular complexity index is 748. The molecule has 4 nitrogen and oxygen atoms in total. The van der Waals surface area contributed by atoms with Crippen LogP contribution in [0.15, 0.2) is 48.5 Å². The van der Waals surface area contributed by atoms with Gasteiger partial charge in [0, 0.05) is 18.2 Å². The number of rotatable bonds is 6. The molecule has 5 heteroatoms. The van der Waals surface area contributed by atoms with Gasteiger partial charge < -0.3 is 14.4 Å². The molecule has 0 saturated carbocycles. The predicted molar refractivity (Wildman–Crippen MR) is 106 cm³/mol. The summed E-state index contributed by atoms with van der Waals surface area (Å²) in [6.07, 6.45) is 0. The number of benzene rings is 2. The Balaban J connectivity index is 1.81. The number of nitrogens with zero attached hydrogens (tertiary/aromatic N) is 1. The van der Waals surface area contributed by atoms with Gasteiger partial charge in [0.15, 0.2) is 11.5 Å². The van der Waals surface area contributed by atoms with Gasteiger partial charge in [0.2, 0.25) is 5.91 Å². The van der Waals surface area contributed by atoms with E-state index in [1.165, 1.54) is 0 Å². The van der Waals surface area contributed by atoms with Crippen molar-refractivity contribution in [1.29, 1.82) is 0 Å². The summed E-state index contributed by atoms with van der Waals surface area (Å²) in [5.74, 6) is 2.56. The van der Waals surface area contributed by atoms with Crippen LogP contribution in [0.4, 0.5) is 0 Å². The number of methoxy groups -OCH3 is 1. The second-order valence-electron chi connectivity index (χ2n) is 6.59. The van der Waals surface area contributed by atoms with Gasteiger partial charge in [-0.3, -0.25) is 4.79 Å². The molecule has 1 heterocycles. The van der Waals surface area contributed by atoms with Gasteiger partial charge in [0.25, 0.3) is 0 Å². The Hall–Kier alpha value is -2.14. The van der Waals surface area contributed by atoms with Crippen molar-refractivity contribution in [3.05, 3.63) is 59.7 Å². The molecule has 1 fully saturated rings. The van der Waals surface area contributed by atoms with Gasteiger partial charge in [-0.1, -0.05) is 50.2 Å². The lowest BCUT2D eigenvalue weighted by molar-refractivity contribution is -0.134. The average Bonchev–Trinajstić information content (AvgIpc) is 3.16. The van der Waals surface area contributed by atoms with Crippen molar-refractivity contribution in [3.8, 4) is 11.5 Å². The van der Waals surface area contributed by atoms with Crippen molar-refractivity contribution in [2.24, 2.45) is 5.92 Å². The van der Waals surface area contributed by atoms with Gasteiger partial charge in [-0.15, -0.1) is 11.8 Å². The topological polar surface area (TPSA) is 38.8 Å². The van der Waals surface area contributed by atoms with Gasteiger partial charge in [-0.2, -0.15) is 0 Å². The van der Waals surface area contributed by atoms with Crippen LogP contribution in [0.3, 0.4) is 0 Å². The smallest absolute Gasteiger partial charge is 0.226 e. The third kappa shape index (κ3) is 4.15. The molecule has 138 valence electrons. The molecule has 1 amide bonds. The molecule has 0 bridgehead atoms. The normalized spacial score (nSPS) is 16.8. The van der Waals surface area contributed by atoms with Crippen molar-refractivity contribution >= 4 is 17.7 Å². The fourth-order valence-electron chi connectivity index (χ4n) is 3.00. The zero-order valence-corrected chi connectivity index (χ0v) is 16.3. The average molecular weight is 372 g/mol. The number of hydrogen-bond acceptors (Lipinski definition) is 4. The summed E-state index contributed by atoms with van der Waals surface area (Å²) < 4.78 is 11.5. The second-order valence-corrected chi connectivity index (χ2v) is 7.78. The maximum Gasteiger partial charge on any atom is 0.226 e. The van der Waals surface area contributed by atoms with Crippen molar-refractivity contribution in [1.82, 2.24) is 4.90 Å². The zero-order chi connectivity index (χ0) is 18.5. The molecule has 26 heavy (non-hydrogen) atoms. The van der Waals surface area contributed by atoms with Crippen LogP contribution in [0.5, 0.6) is 11.5 Å². The van der Waals surface area contributed by atoms with Crippen molar-refractivity contribution in [2.75, 3.05) is 19.4 Å². The van der Waals surface area contributed by atoms with Crippen LogP contribution >= 0.6 is 11.8 Å². The van der Waals surface area contributed by atoms with Gasteiger partial charge in [-0.05, 0) is 23.3 Å². The van der Waals surface area contributed by atoms with Gasteiger partial charge in [0.05, 0.1) is 7.11 Å². The molecule has 1 atom stereocenters. The van der Waals surface area contributed by atoms with E-state index in [0.29, 0.717) is 18.1 Å². The number of carbonyl (C=O) groups is 1. The SMILES string of the molecule is COc1ccc([C@H]2SCCN2C(=O)C(C)C)cc1OCc1ccccc1. The molecule has 0 spiro atoms. The molecule has 2 aromatic carbocycles. The molecule has 0 N–H and O–H groups in total. The highest BCUT2D eigenvalue weighted by Gasteiger charge is 2.32. The number of amides is 1. The minimum absolute atomic E-state index is 0.00301. The summed E-state index contributed by atoms with van der Waals surface area (Å²) in [4.78, 5) is 14.5. The van der Waals surface area contributed by atoms with E-state index in [4.69, 9.17) is 9.47 Å². The van der Waals surface area contributed by atoms with Crippen LogP contribution in [-0.2, 0) is 11.4 Å². The first-order valence-corrected chi connectivity index (χ1v) is 9.91. The monoisotopic (exact) mass is 371 g/mol.